The van der Waals surface area contributed by atoms with Crippen LogP contribution in [0.2, 0.25) is 5.02 Å². The molecule has 7 nitrogen and oxygen atoms in total. The van der Waals surface area contributed by atoms with Gasteiger partial charge in [-0.2, -0.15) is 0 Å². The van der Waals surface area contributed by atoms with Crippen molar-refractivity contribution in [3.05, 3.63) is 58.8 Å². The maximum Gasteiger partial charge on any atom is 0.256 e. The minimum Gasteiger partial charge on any atom is -0.350 e. The number of aromatic nitrogens is 2. The van der Waals surface area contributed by atoms with E-state index in [0.717, 1.165) is 55.2 Å². The molecule has 2 fully saturated rings. The van der Waals surface area contributed by atoms with E-state index in [1.54, 1.807) is 30.4 Å². The van der Waals surface area contributed by atoms with Crippen LogP contribution in [0.25, 0.3) is 16.6 Å². The Balaban J connectivity index is 1.41. The number of carbonyl (C=O) groups excluding carboxylic acids is 1. The van der Waals surface area contributed by atoms with Crippen LogP contribution in [0.3, 0.4) is 0 Å². The molecular weight excluding hydrogens is 543 g/mol. The molecule has 5 rings (SSSR count). The van der Waals surface area contributed by atoms with Crippen molar-refractivity contribution in [1.82, 2.24) is 19.4 Å². The number of nitrogens with zero attached hydrogens (tertiary/aromatic N) is 4. The van der Waals surface area contributed by atoms with Crippen molar-refractivity contribution in [2.75, 3.05) is 33.4 Å². The Morgan fingerprint density at radius 3 is 2.66 bits per heavy atom. The van der Waals surface area contributed by atoms with Gasteiger partial charge in [0.05, 0.1) is 41.2 Å². The lowest BCUT2D eigenvalue weighted by atomic mass is 9.96. The largest absolute Gasteiger partial charge is 0.350 e. The van der Waals surface area contributed by atoms with E-state index in [1.165, 1.54) is 12.1 Å². The summed E-state index contributed by atoms with van der Waals surface area (Å²) in [7, 11) is 1.74. The number of ether oxygens (including phenoxy) is 2. The highest BCUT2D eigenvalue weighted by Crippen LogP contribution is 2.35. The van der Waals surface area contributed by atoms with E-state index in [-0.39, 0.29) is 18.2 Å². The molecule has 3 aromatic rings. The van der Waals surface area contributed by atoms with E-state index < -0.39 is 5.82 Å². The maximum absolute atomic E-state index is 14.4. The van der Waals surface area contributed by atoms with Crippen molar-refractivity contribution < 1.29 is 18.7 Å². The van der Waals surface area contributed by atoms with E-state index in [2.05, 4.69) is 29.9 Å². The first-order chi connectivity index (χ1) is 19.6. The summed E-state index contributed by atoms with van der Waals surface area (Å²) in [6.07, 6.45) is 9.38. The molecule has 0 spiro atoms. The summed E-state index contributed by atoms with van der Waals surface area (Å²) >= 11 is 6.75. The summed E-state index contributed by atoms with van der Waals surface area (Å²) < 4.78 is 27.7. The van der Waals surface area contributed by atoms with Crippen LogP contribution >= 0.6 is 11.6 Å². The van der Waals surface area contributed by atoms with Crippen LogP contribution in [0.1, 0.15) is 62.9 Å². The summed E-state index contributed by atoms with van der Waals surface area (Å²) in [5, 5.41) is 1.52. The van der Waals surface area contributed by atoms with Crippen LogP contribution in [-0.2, 0) is 15.9 Å². The topological polar surface area (TPSA) is 59.8 Å². The van der Waals surface area contributed by atoms with Gasteiger partial charge in [0, 0.05) is 43.5 Å². The van der Waals surface area contributed by atoms with E-state index in [0.29, 0.717) is 47.4 Å². The standard InChI is InChI=1S/C32H42ClFN4O3/c1-20(2)27(8-9-30-40-12-13-41-30)37-11-10-22(18-37)14-23-19-38(29-17-35-16-26(33)31(23)29)28-7-6-24(34)15-25(28)32(39)36(5)21(3)4/h6-7,15-17,19-22,27,30H,8-14,18H2,1-5H3/t22-,27-/m1/s1. The molecule has 2 atom stereocenters. The maximum atomic E-state index is 14.4. The molecule has 9 heteroatoms. The third-order valence-corrected chi connectivity index (χ3v) is 9.03. The third kappa shape index (κ3) is 6.46. The summed E-state index contributed by atoms with van der Waals surface area (Å²) in [6.45, 7) is 11.9. The van der Waals surface area contributed by atoms with Gasteiger partial charge < -0.3 is 18.9 Å². The third-order valence-electron chi connectivity index (χ3n) is 8.74. The second-order valence-electron chi connectivity index (χ2n) is 12.1. The Morgan fingerprint density at radius 2 is 1.95 bits per heavy atom. The number of benzene rings is 1. The Bertz CT molecular complexity index is 1370. The quantitative estimate of drug-likeness (QED) is 0.278. The molecule has 0 unspecified atom stereocenters. The molecule has 2 saturated heterocycles. The fourth-order valence-corrected chi connectivity index (χ4v) is 6.62. The molecule has 2 aliphatic rings. The van der Waals surface area contributed by atoms with Gasteiger partial charge in [0.1, 0.15) is 5.82 Å². The molecule has 1 amide bonds. The average Bonchev–Trinajstić information content (AvgIpc) is 3.70. The Labute approximate surface area is 247 Å². The van der Waals surface area contributed by atoms with Crippen LogP contribution < -0.4 is 0 Å². The number of rotatable bonds is 10. The number of carbonyl (C=O) groups is 1. The van der Waals surface area contributed by atoms with Crippen LogP contribution in [0.5, 0.6) is 0 Å². The van der Waals surface area contributed by atoms with Gasteiger partial charge in [0.15, 0.2) is 6.29 Å². The van der Waals surface area contributed by atoms with Crippen molar-refractivity contribution in [3.8, 4) is 5.69 Å². The monoisotopic (exact) mass is 584 g/mol. The molecule has 0 aliphatic carbocycles. The lowest BCUT2D eigenvalue weighted by molar-refractivity contribution is -0.0527. The molecule has 0 saturated carbocycles. The van der Waals surface area contributed by atoms with Gasteiger partial charge in [-0.05, 0) is 81.7 Å². The highest BCUT2D eigenvalue weighted by Gasteiger charge is 2.32. The van der Waals surface area contributed by atoms with Gasteiger partial charge in [0.2, 0.25) is 0 Å². The number of pyridine rings is 1. The van der Waals surface area contributed by atoms with E-state index in [1.807, 2.05) is 18.4 Å². The summed E-state index contributed by atoms with van der Waals surface area (Å²) in [5.41, 5.74) is 2.86. The van der Waals surface area contributed by atoms with Crippen LogP contribution in [-0.4, -0.2) is 77.0 Å². The number of halogens is 2. The molecule has 4 heterocycles. The van der Waals surface area contributed by atoms with Crippen molar-refractivity contribution in [1.29, 1.82) is 0 Å². The molecule has 2 aromatic heterocycles. The smallest absolute Gasteiger partial charge is 0.256 e. The van der Waals surface area contributed by atoms with Crippen LogP contribution in [0, 0.1) is 17.7 Å². The fourth-order valence-electron chi connectivity index (χ4n) is 6.34. The Hall–Kier alpha value is -2.52. The number of amides is 1. The van der Waals surface area contributed by atoms with E-state index in [4.69, 9.17) is 21.1 Å². The highest BCUT2D eigenvalue weighted by molar-refractivity contribution is 6.35. The fraction of sp³-hybridized carbons (Fsp3) is 0.562. The van der Waals surface area contributed by atoms with Gasteiger partial charge in [-0.1, -0.05) is 25.4 Å². The molecule has 0 bridgehead atoms. The normalized spacial score (nSPS) is 19.2. The minimum absolute atomic E-state index is 0.0233. The van der Waals surface area contributed by atoms with Gasteiger partial charge in [0.25, 0.3) is 5.91 Å². The Kier molecular flexibility index (Phi) is 9.33. The summed E-state index contributed by atoms with van der Waals surface area (Å²) in [4.78, 5) is 22.0. The number of fused-ring (bicyclic) bond motifs is 1. The zero-order valence-corrected chi connectivity index (χ0v) is 25.5. The van der Waals surface area contributed by atoms with Gasteiger partial charge in [-0.3, -0.25) is 14.7 Å². The molecule has 2 aliphatic heterocycles. The van der Waals surface area contributed by atoms with Crippen molar-refractivity contribution in [2.45, 2.75) is 71.8 Å². The zero-order valence-electron chi connectivity index (χ0n) is 24.8. The molecule has 0 radical (unpaired) electrons. The average molecular weight is 585 g/mol. The second kappa shape index (κ2) is 12.8. The van der Waals surface area contributed by atoms with E-state index >= 15 is 0 Å². The highest BCUT2D eigenvalue weighted by atomic mass is 35.5. The van der Waals surface area contributed by atoms with E-state index in [9.17, 15) is 9.18 Å². The lowest BCUT2D eigenvalue weighted by Gasteiger charge is -2.32. The minimum atomic E-state index is -0.445. The van der Waals surface area contributed by atoms with Gasteiger partial charge >= 0.3 is 0 Å². The first-order valence-electron chi connectivity index (χ1n) is 14.8. The molecule has 0 N–H and O–H groups in total. The van der Waals surface area contributed by atoms with Crippen molar-refractivity contribution in [2.24, 2.45) is 11.8 Å². The SMILES string of the molecule is CC(C)[C@@H](CCC1OCCO1)N1CC[C@H](Cc2cn(-c3ccc(F)cc3C(=O)N(C)C(C)C)c3cncc(Cl)c23)C1. The Morgan fingerprint density at radius 1 is 1.20 bits per heavy atom. The first kappa shape index (κ1) is 30.0. The number of hydrogen-bond donors (Lipinski definition) is 0. The lowest BCUT2D eigenvalue weighted by Crippen LogP contribution is -2.38. The first-order valence-corrected chi connectivity index (χ1v) is 15.2. The predicted molar refractivity (Wildman–Crippen MR) is 160 cm³/mol. The predicted octanol–water partition coefficient (Wildman–Crippen LogP) is 6.34. The summed E-state index contributed by atoms with van der Waals surface area (Å²) in [6, 6.07) is 4.84. The van der Waals surface area contributed by atoms with Crippen LogP contribution in [0.15, 0.2) is 36.8 Å². The van der Waals surface area contributed by atoms with Gasteiger partial charge in [-0.25, -0.2) is 4.39 Å². The van der Waals surface area contributed by atoms with Crippen molar-refractivity contribution in [3.63, 3.8) is 0 Å². The molecule has 1 aromatic carbocycles. The molecular formula is C32H42ClFN4O3. The summed E-state index contributed by atoms with van der Waals surface area (Å²) in [5.74, 6) is 0.335. The molecule has 41 heavy (non-hydrogen) atoms. The number of likely N-dealkylation sites (tertiary alicyclic amines) is 1. The number of hydrogen-bond acceptors (Lipinski definition) is 5. The van der Waals surface area contributed by atoms with Gasteiger partial charge in [-0.15, -0.1) is 0 Å². The molecule has 222 valence electrons. The second-order valence-corrected chi connectivity index (χ2v) is 12.5. The van der Waals surface area contributed by atoms with Crippen molar-refractivity contribution >= 4 is 28.4 Å². The zero-order chi connectivity index (χ0) is 29.3. The van der Waals surface area contributed by atoms with Crippen LogP contribution in [0.4, 0.5) is 4.39 Å².